The summed E-state index contributed by atoms with van der Waals surface area (Å²) in [6.45, 7) is 0.918. The lowest BCUT2D eigenvalue weighted by molar-refractivity contribution is -0.134. The maximum absolute atomic E-state index is 12.1. The van der Waals surface area contributed by atoms with Gasteiger partial charge in [-0.3, -0.25) is 15.0 Å². The Morgan fingerprint density at radius 3 is 2.71 bits per heavy atom. The van der Waals surface area contributed by atoms with Crippen LogP contribution in [-0.2, 0) is 16.1 Å². The molecule has 28 heavy (non-hydrogen) atoms. The third kappa shape index (κ3) is 4.89. The second kappa shape index (κ2) is 9.36. The van der Waals surface area contributed by atoms with E-state index in [4.69, 9.17) is 22.1 Å². The number of nitrogens with zero attached hydrogens (tertiary/aromatic N) is 3. The number of rotatable bonds is 3. The highest BCUT2D eigenvalue weighted by molar-refractivity contribution is 6.34. The molecule has 148 valence electrons. The first-order valence-electron chi connectivity index (χ1n) is 9.12. The standard InChI is InChI=1S/C12H10ClN5O.C7H12O2/c13-8-3-1-2-4-9(8)18-6-7-5-15-11(14)16-10(7)17-12(18)19;8-6-9-7-4-2-1-3-5-7/h1-5H,6H2,(H3,14,15,16,17,19);6-7H,1-5H2. The van der Waals surface area contributed by atoms with Gasteiger partial charge in [0.2, 0.25) is 5.95 Å². The van der Waals surface area contributed by atoms with E-state index >= 15 is 0 Å². The first-order valence-corrected chi connectivity index (χ1v) is 9.50. The maximum Gasteiger partial charge on any atom is 0.327 e. The molecule has 0 saturated heterocycles. The molecule has 8 nitrogen and oxygen atoms in total. The summed E-state index contributed by atoms with van der Waals surface area (Å²) in [5.41, 5.74) is 6.92. The first-order chi connectivity index (χ1) is 13.6. The van der Waals surface area contributed by atoms with Crippen molar-refractivity contribution in [1.29, 1.82) is 0 Å². The first kappa shape index (κ1) is 19.9. The molecule has 1 aliphatic heterocycles. The number of aromatic nitrogens is 2. The second-order valence-electron chi connectivity index (χ2n) is 6.56. The predicted octanol–water partition coefficient (Wildman–Crippen LogP) is 3.76. The Kier molecular flexibility index (Phi) is 6.65. The number of carbonyl (C=O) groups is 2. The number of hydrogen-bond donors (Lipinski definition) is 2. The molecule has 2 heterocycles. The van der Waals surface area contributed by atoms with Gasteiger partial charge in [0.25, 0.3) is 6.47 Å². The minimum Gasteiger partial charge on any atom is -0.465 e. The monoisotopic (exact) mass is 403 g/mol. The highest BCUT2D eigenvalue weighted by atomic mass is 35.5. The van der Waals surface area contributed by atoms with E-state index in [1.54, 1.807) is 18.3 Å². The highest BCUT2D eigenvalue weighted by Crippen LogP contribution is 2.30. The van der Waals surface area contributed by atoms with E-state index in [0.29, 0.717) is 29.5 Å². The Hall–Kier alpha value is -2.87. The van der Waals surface area contributed by atoms with E-state index < -0.39 is 0 Å². The number of benzene rings is 1. The van der Waals surface area contributed by atoms with Crippen LogP contribution in [0.2, 0.25) is 5.02 Å². The van der Waals surface area contributed by atoms with Crippen LogP contribution in [-0.4, -0.2) is 28.6 Å². The number of ether oxygens (including phenoxy) is 1. The normalized spacial score (nSPS) is 16.3. The molecule has 2 aliphatic rings. The molecular weight excluding hydrogens is 382 g/mol. The number of nitrogens with one attached hydrogen (secondary N) is 1. The smallest absolute Gasteiger partial charge is 0.327 e. The summed E-state index contributed by atoms with van der Waals surface area (Å²) in [5, 5.41) is 3.19. The highest BCUT2D eigenvalue weighted by Gasteiger charge is 2.26. The van der Waals surface area contributed by atoms with Gasteiger partial charge >= 0.3 is 6.03 Å². The van der Waals surface area contributed by atoms with Crippen LogP contribution in [0.3, 0.4) is 0 Å². The molecule has 1 saturated carbocycles. The number of halogens is 1. The fourth-order valence-electron chi connectivity index (χ4n) is 3.20. The van der Waals surface area contributed by atoms with Crippen molar-refractivity contribution in [3.8, 4) is 0 Å². The van der Waals surface area contributed by atoms with E-state index in [1.807, 2.05) is 12.1 Å². The number of carbonyl (C=O) groups excluding carboxylic acids is 2. The molecule has 3 N–H and O–H groups in total. The minimum atomic E-state index is -0.293. The zero-order valence-electron chi connectivity index (χ0n) is 15.3. The summed E-state index contributed by atoms with van der Waals surface area (Å²) in [7, 11) is 0. The molecule has 0 unspecified atom stereocenters. The summed E-state index contributed by atoms with van der Waals surface area (Å²) < 4.78 is 4.80. The lowest BCUT2D eigenvalue weighted by Crippen LogP contribution is -2.39. The molecule has 1 aromatic heterocycles. The molecule has 9 heteroatoms. The SMILES string of the molecule is Nc1ncc2c(n1)NC(=O)N(c1ccccc1Cl)C2.O=COC1CCCCC1. The van der Waals surface area contributed by atoms with Crippen LogP contribution in [0.15, 0.2) is 30.5 Å². The molecule has 1 aliphatic carbocycles. The van der Waals surface area contributed by atoms with Gasteiger partial charge in [0, 0.05) is 11.8 Å². The lowest BCUT2D eigenvalue weighted by atomic mass is 9.98. The van der Waals surface area contributed by atoms with Crippen LogP contribution in [0.1, 0.15) is 37.7 Å². The Morgan fingerprint density at radius 2 is 2.00 bits per heavy atom. The zero-order valence-corrected chi connectivity index (χ0v) is 16.1. The van der Waals surface area contributed by atoms with Crippen LogP contribution >= 0.6 is 11.6 Å². The summed E-state index contributed by atoms with van der Waals surface area (Å²) >= 11 is 6.10. The van der Waals surface area contributed by atoms with Crippen LogP contribution < -0.4 is 16.0 Å². The third-order valence-corrected chi connectivity index (χ3v) is 4.95. The van der Waals surface area contributed by atoms with E-state index in [9.17, 15) is 9.59 Å². The summed E-state index contributed by atoms with van der Waals surface area (Å²) in [6.07, 6.45) is 7.71. The van der Waals surface area contributed by atoms with Crippen molar-refractivity contribution in [2.24, 2.45) is 0 Å². The van der Waals surface area contributed by atoms with Crippen LogP contribution in [0, 0.1) is 0 Å². The quantitative estimate of drug-likeness (QED) is 0.755. The lowest BCUT2D eigenvalue weighted by Gasteiger charge is -2.29. The zero-order chi connectivity index (χ0) is 19.9. The molecule has 4 rings (SSSR count). The van der Waals surface area contributed by atoms with Gasteiger partial charge in [-0.2, -0.15) is 4.98 Å². The Balaban J connectivity index is 0.000000211. The maximum atomic E-state index is 12.1. The van der Waals surface area contributed by atoms with Crippen molar-refractivity contribution in [1.82, 2.24) is 9.97 Å². The van der Waals surface area contributed by atoms with Crippen molar-refractivity contribution >= 4 is 41.6 Å². The number of urea groups is 1. The number of amides is 2. The molecule has 1 aromatic carbocycles. The third-order valence-electron chi connectivity index (χ3n) is 4.63. The van der Waals surface area contributed by atoms with E-state index in [2.05, 4.69) is 15.3 Å². The Labute approximate surface area is 168 Å². The molecule has 2 amide bonds. The van der Waals surface area contributed by atoms with E-state index in [1.165, 1.54) is 24.2 Å². The Morgan fingerprint density at radius 1 is 1.25 bits per heavy atom. The number of para-hydroxylation sites is 1. The fraction of sp³-hybridized carbons (Fsp3) is 0.368. The van der Waals surface area contributed by atoms with Crippen molar-refractivity contribution in [3.63, 3.8) is 0 Å². The summed E-state index contributed by atoms with van der Waals surface area (Å²) in [6, 6.07) is 6.86. The van der Waals surface area contributed by atoms with Crippen molar-refractivity contribution in [2.75, 3.05) is 16.0 Å². The average molecular weight is 404 g/mol. The van der Waals surface area contributed by atoms with Crippen LogP contribution in [0.25, 0.3) is 0 Å². The molecule has 0 spiro atoms. The van der Waals surface area contributed by atoms with Gasteiger partial charge in [0.15, 0.2) is 0 Å². The molecule has 2 aromatic rings. The number of nitrogens with two attached hydrogens (primary N) is 1. The van der Waals surface area contributed by atoms with Gasteiger partial charge in [-0.05, 0) is 37.8 Å². The second-order valence-corrected chi connectivity index (χ2v) is 6.97. The predicted molar refractivity (Wildman–Crippen MR) is 107 cm³/mol. The van der Waals surface area contributed by atoms with E-state index in [0.717, 1.165) is 18.4 Å². The number of anilines is 3. The number of fused-ring (bicyclic) bond motifs is 1. The Bertz CT molecular complexity index is 842. The largest absolute Gasteiger partial charge is 0.465 e. The van der Waals surface area contributed by atoms with Crippen molar-refractivity contribution in [2.45, 2.75) is 44.8 Å². The van der Waals surface area contributed by atoms with Crippen molar-refractivity contribution in [3.05, 3.63) is 41.0 Å². The van der Waals surface area contributed by atoms with E-state index in [-0.39, 0.29) is 18.1 Å². The van der Waals surface area contributed by atoms with Gasteiger partial charge in [-0.15, -0.1) is 0 Å². The number of hydrogen-bond acceptors (Lipinski definition) is 6. The molecule has 1 fully saturated rings. The minimum absolute atomic E-state index is 0.130. The molecular formula is C19H22ClN5O3. The van der Waals surface area contributed by atoms with Crippen molar-refractivity contribution < 1.29 is 14.3 Å². The van der Waals surface area contributed by atoms with Gasteiger partial charge in [0.1, 0.15) is 11.9 Å². The fourth-order valence-corrected chi connectivity index (χ4v) is 3.44. The summed E-state index contributed by atoms with van der Waals surface area (Å²) in [5.74, 6) is 0.575. The molecule has 0 atom stereocenters. The van der Waals surface area contributed by atoms with Crippen LogP contribution in [0.5, 0.6) is 0 Å². The van der Waals surface area contributed by atoms with Crippen LogP contribution in [0.4, 0.5) is 22.2 Å². The topological polar surface area (TPSA) is 110 Å². The van der Waals surface area contributed by atoms with Gasteiger partial charge < -0.3 is 10.5 Å². The molecule has 0 radical (unpaired) electrons. The molecule has 0 bridgehead atoms. The van der Waals surface area contributed by atoms with Gasteiger partial charge in [-0.25, -0.2) is 9.78 Å². The van der Waals surface area contributed by atoms with Gasteiger partial charge in [-0.1, -0.05) is 30.2 Å². The van der Waals surface area contributed by atoms with Gasteiger partial charge in [0.05, 0.1) is 17.3 Å². The average Bonchev–Trinajstić information content (AvgIpc) is 2.70. The number of nitrogen functional groups attached to an aromatic ring is 1. The summed E-state index contributed by atoms with van der Waals surface area (Å²) in [4.78, 5) is 31.4.